The van der Waals surface area contributed by atoms with Crippen LogP contribution >= 0.6 is 0 Å². The molecule has 0 radical (unpaired) electrons. The number of rotatable bonds is 6. The van der Waals surface area contributed by atoms with E-state index in [2.05, 4.69) is 10.6 Å². The quantitative estimate of drug-likeness (QED) is 0.639. The van der Waals surface area contributed by atoms with Crippen LogP contribution in [0, 0.1) is 5.92 Å². The molecule has 0 unspecified atom stereocenters. The molecule has 0 spiro atoms. The van der Waals surface area contributed by atoms with Crippen LogP contribution in [0.3, 0.4) is 0 Å². The first-order valence-corrected chi connectivity index (χ1v) is 12.3. The molecule has 2 aromatic rings. The first-order chi connectivity index (χ1) is 16.2. The summed E-state index contributed by atoms with van der Waals surface area (Å²) in [6.07, 6.45) is 0.451. The molecule has 2 aliphatic rings. The minimum atomic E-state index is -3.88. The molecule has 2 heterocycles. The number of piperidine rings is 1. The van der Waals surface area contributed by atoms with Gasteiger partial charge in [-0.25, -0.2) is 8.42 Å². The van der Waals surface area contributed by atoms with Crippen LogP contribution in [-0.2, 0) is 19.6 Å². The van der Waals surface area contributed by atoms with Crippen molar-refractivity contribution < 1.29 is 32.2 Å². The average molecular weight is 490 g/mol. The minimum Gasteiger partial charge on any atom is -0.497 e. The summed E-state index contributed by atoms with van der Waals surface area (Å²) in [5, 5.41) is 5.50. The molecule has 2 aliphatic heterocycles. The van der Waals surface area contributed by atoms with Crippen molar-refractivity contribution in [3.8, 4) is 17.2 Å². The van der Waals surface area contributed by atoms with Crippen LogP contribution in [0.1, 0.15) is 19.8 Å². The van der Waals surface area contributed by atoms with Crippen molar-refractivity contribution in [3.63, 3.8) is 0 Å². The Morgan fingerprint density at radius 1 is 1.15 bits per heavy atom. The van der Waals surface area contributed by atoms with E-state index in [0.29, 0.717) is 48.0 Å². The summed E-state index contributed by atoms with van der Waals surface area (Å²) in [7, 11) is -0.847. The number of hydrogen-bond acceptors (Lipinski definition) is 7. The molecular formula is C23H27N3O7S. The zero-order valence-corrected chi connectivity index (χ0v) is 20.0. The number of nitrogens with zero attached hydrogens (tertiary/aromatic N) is 1. The van der Waals surface area contributed by atoms with Crippen molar-refractivity contribution >= 4 is 33.2 Å². The van der Waals surface area contributed by atoms with E-state index in [1.165, 1.54) is 36.7 Å². The van der Waals surface area contributed by atoms with Crippen molar-refractivity contribution in [2.75, 3.05) is 37.9 Å². The van der Waals surface area contributed by atoms with Crippen molar-refractivity contribution in [1.82, 2.24) is 4.31 Å². The Hall–Kier alpha value is -3.31. The number of amides is 2. The molecule has 0 aromatic heterocycles. The van der Waals surface area contributed by atoms with Gasteiger partial charge in [0.05, 0.1) is 30.7 Å². The highest BCUT2D eigenvalue weighted by Crippen LogP contribution is 2.34. The lowest BCUT2D eigenvalue weighted by atomic mass is 9.98. The SMILES string of the molecule is COc1cc(NC(=O)[C@H]2CCCN(S(=O)(=O)c3ccc4c(c3)NC(=O)[C@@H](C)O4)C2)cc(OC)c1. The topological polar surface area (TPSA) is 123 Å². The number of anilines is 2. The van der Waals surface area contributed by atoms with Crippen LogP contribution in [0.2, 0.25) is 0 Å². The van der Waals surface area contributed by atoms with E-state index in [1.54, 1.807) is 25.1 Å². The maximum absolute atomic E-state index is 13.3. The fraction of sp³-hybridized carbons (Fsp3) is 0.391. The lowest BCUT2D eigenvalue weighted by Gasteiger charge is -2.31. The third-order valence-electron chi connectivity index (χ3n) is 5.89. The predicted molar refractivity (Wildman–Crippen MR) is 125 cm³/mol. The van der Waals surface area contributed by atoms with Crippen molar-refractivity contribution in [2.45, 2.75) is 30.8 Å². The molecule has 0 aliphatic carbocycles. The van der Waals surface area contributed by atoms with Crippen LogP contribution in [0.15, 0.2) is 41.3 Å². The Morgan fingerprint density at radius 3 is 2.53 bits per heavy atom. The predicted octanol–water partition coefficient (Wildman–Crippen LogP) is 2.46. The fourth-order valence-electron chi connectivity index (χ4n) is 4.00. The normalized spacial score (nSPS) is 20.5. The largest absolute Gasteiger partial charge is 0.497 e. The summed E-state index contributed by atoms with van der Waals surface area (Å²) < 4.78 is 43.9. The first kappa shape index (κ1) is 23.8. The summed E-state index contributed by atoms with van der Waals surface area (Å²) in [5.41, 5.74) is 0.809. The highest BCUT2D eigenvalue weighted by atomic mass is 32.2. The maximum atomic E-state index is 13.3. The zero-order chi connectivity index (χ0) is 24.5. The Kier molecular flexibility index (Phi) is 6.67. The molecule has 4 rings (SSSR count). The standard InChI is InChI=1S/C23H27N3O7S/c1-14-22(27)25-20-12-19(6-7-21(20)33-14)34(29,30)26-8-4-5-15(13-26)23(28)24-16-9-17(31-2)11-18(10-16)32-3/h6-7,9-12,14-15H,4-5,8,13H2,1-3H3,(H,24,28)(H,25,27)/t14-,15+/m1/s1. The molecule has 1 fully saturated rings. The molecule has 2 aromatic carbocycles. The molecule has 2 atom stereocenters. The maximum Gasteiger partial charge on any atom is 0.265 e. The van der Waals surface area contributed by atoms with Crippen molar-refractivity contribution in [3.05, 3.63) is 36.4 Å². The van der Waals surface area contributed by atoms with Crippen molar-refractivity contribution in [1.29, 1.82) is 0 Å². The van der Waals surface area contributed by atoms with Gasteiger partial charge in [0, 0.05) is 37.0 Å². The fourth-order valence-corrected chi connectivity index (χ4v) is 5.55. The van der Waals surface area contributed by atoms with Gasteiger partial charge in [-0.1, -0.05) is 0 Å². The van der Waals surface area contributed by atoms with Crippen LogP contribution in [0.5, 0.6) is 17.2 Å². The molecule has 11 heteroatoms. The van der Waals surface area contributed by atoms with Crippen LogP contribution in [-0.4, -0.2) is 58.0 Å². The van der Waals surface area contributed by atoms with Crippen LogP contribution in [0.4, 0.5) is 11.4 Å². The first-order valence-electron chi connectivity index (χ1n) is 10.9. The smallest absolute Gasteiger partial charge is 0.265 e. The van der Waals surface area contributed by atoms with Gasteiger partial charge >= 0.3 is 0 Å². The summed E-state index contributed by atoms with van der Waals surface area (Å²) in [6.45, 7) is 1.96. The highest BCUT2D eigenvalue weighted by Gasteiger charge is 2.34. The van der Waals surface area contributed by atoms with Gasteiger partial charge in [0.1, 0.15) is 17.2 Å². The number of benzene rings is 2. The third-order valence-corrected chi connectivity index (χ3v) is 7.75. The lowest BCUT2D eigenvalue weighted by molar-refractivity contribution is -0.123. The van der Waals surface area contributed by atoms with E-state index in [9.17, 15) is 18.0 Å². The van der Waals surface area contributed by atoms with E-state index in [0.717, 1.165) is 0 Å². The summed E-state index contributed by atoms with van der Waals surface area (Å²) in [5.74, 6) is 0.319. The monoisotopic (exact) mass is 489 g/mol. The Labute approximate surface area is 198 Å². The molecule has 1 saturated heterocycles. The third kappa shape index (κ3) is 4.80. The minimum absolute atomic E-state index is 0.0308. The van der Waals surface area contributed by atoms with E-state index < -0.39 is 22.0 Å². The zero-order valence-electron chi connectivity index (χ0n) is 19.2. The van der Waals surface area contributed by atoms with E-state index in [-0.39, 0.29) is 23.3 Å². The highest BCUT2D eigenvalue weighted by molar-refractivity contribution is 7.89. The summed E-state index contributed by atoms with van der Waals surface area (Å²) in [6, 6.07) is 9.40. The molecule has 10 nitrogen and oxygen atoms in total. The Morgan fingerprint density at radius 2 is 1.85 bits per heavy atom. The van der Waals surface area contributed by atoms with Gasteiger partial charge in [0.2, 0.25) is 15.9 Å². The second-order valence-corrected chi connectivity index (χ2v) is 10.1. The number of carbonyl (C=O) groups excluding carboxylic acids is 2. The summed E-state index contributed by atoms with van der Waals surface area (Å²) >= 11 is 0. The molecule has 34 heavy (non-hydrogen) atoms. The van der Waals surface area contributed by atoms with Gasteiger partial charge in [0.25, 0.3) is 5.91 Å². The number of carbonyl (C=O) groups is 2. The van der Waals surface area contributed by atoms with Gasteiger partial charge < -0.3 is 24.8 Å². The van der Waals surface area contributed by atoms with Gasteiger partial charge in [-0.05, 0) is 38.0 Å². The number of hydrogen-bond donors (Lipinski definition) is 2. The molecule has 0 saturated carbocycles. The second kappa shape index (κ2) is 9.51. The van der Waals surface area contributed by atoms with Gasteiger partial charge in [0.15, 0.2) is 6.10 Å². The van der Waals surface area contributed by atoms with Gasteiger partial charge in [-0.15, -0.1) is 0 Å². The summed E-state index contributed by atoms with van der Waals surface area (Å²) in [4.78, 5) is 24.9. The number of sulfonamides is 1. The lowest BCUT2D eigenvalue weighted by Crippen LogP contribution is -2.43. The van der Waals surface area contributed by atoms with E-state index in [1.807, 2.05) is 0 Å². The van der Waals surface area contributed by atoms with E-state index in [4.69, 9.17) is 14.2 Å². The van der Waals surface area contributed by atoms with Crippen LogP contribution in [0.25, 0.3) is 0 Å². The Bertz CT molecular complexity index is 1190. The molecule has 182 valence electrons. The Balaban J connectivity index is 1.50. The van der Waals surface area contributed by atoms with Crippen LogP contribution < -0.4 is 24.8 Å². The average Bonchev–Trinajstić information content (AvgIpc) is 2.84. The van der Waals surface area contributed by atoms with E-state index >= 15 is 0 Å². The number of methoxy groups -OCH3 is 2. The molecule has 2 N–H and O–H groups in total. The van der Waals surface area contributed by atoms with Gasteiger partial charge in [-0.2, -0.15) is 4.31 Å². The number of fused-ring (bicyclic) bond motifs is 1. The molecule has 0 bridgehead atoms. The van der Waals surface area contributed by atoms with Crippen molar-refractivity contribution in [2.24, 2.45) is 5.92 Å². The second-order valence-electron chi connectivity index (χ2n) is 8.20. The number of nitrogens with one attached hydrogen (secondary N) is 2. The van der Waals surface area contributed by atoms with Gasteiger partial charge in [-0.3, -0.25) is 9.59 Å². The number of ether oxygens (including phenoxy) is 3. The molecule has 2 amide bonds. The molecular weight excluding hydrogens is 462 g/mol.